The summed E-state index contributed by atoms with van der Waals surface area (Å²) in [4.78, 5) is 10.9. The number of hydrogen-bond donors (Lipinski definition) is 1. The van der Waals surface area contributed by atoms with E-state index in [0.29, 0.717) is 0 Å². The highest BCUT2D eigenvalue weighted by Crippen LogP contribution is 2.18. The second kappa shape index (κ2) is 4.15. The van der Waals surface area contributed by atoms with Gasteiger partial charge >= 0.3 is 5.97 Å². The van der Waals surface area contributed by atoms with Crippen LogP contribution >= 0.6 is 0 Å². The molecule has 0 bridgehead atoms. The second-order valence-corrected chi connectivity index (χ2v) is 2.64. The highest BCUT2D eigenvalue weighted by atomic mass is 19.2. The van der Waals surface area contributed by atoms with Gasteiger partial charge in [-0.1, -0.05) is 12.1 Å². The molecule has 0 aliphatic rings. The first-order chi connectivity index (χ1) is 6.57. The molecule has 1 aromatic rings. The van der Waals surface area contributed by atoms with Crippen LogP contribution < -0.4 is 5.73 Å². The van der Waals surface area contributed by atoms with Crippen LogP contribution in [0.15, 0.2) is 18.2 Å². The van der Waals surface area contributed by atoms with Crippen LogP contribution in [0.25, 0.3) is 0 Å². The number of esters is 1. The first-order valence-corrected chi connectivity index (χ1v) is 3.85. The normalized spacial score (nSPS) is 12.3. The number of halogens is 2. The summed E-state index contributed by atoms with van der Waals surface area (Å²) in [5.41, 5.74) is 5.13. The molecule has 5 heteroatoms. The van der Waals surface area contributed by atoms with Crippen LogP contribution in [0.2, 0.25) is 0 Å². The molecule has 1 rings (SSSR count). The van der Waals surface area contributed by atoms with Gasteiger partial charge in [-0.3, -0.25) is 4.79 Å². The van der Waals surface area contributed by atoms with Gasteiger partial charge < -0.3 is 10.5 Å². The second-order valence-electron chi connectivity index (χ2n) is 2.64. The van der Waals surface area contributed by atoms with Crippen LogP contribution in [-0.4, -0.2) is 13.1 Å². The van der Waals surface area contributed by atoms with E-state index in [4.69, 9.17) is 5.73 Å². The maximum Gasteiger partial charge on any atom is 0.327 e. The lowest BCUT2D eigenvalue weighted by Gasteiger charge is -2.10. The predicted octanol–water partition coefficient (Wildman–Crippen LogP) is 1.14. The Morgan fingerprint density at radius 2 is 2.14 bits per heavy atom. The van der Waals surface area contributed by atoms with Crippen LogP contribution in [0.4, 0.5) is 8.78 Å². The van der Waals surface area contributed by atoms with Crippen LogP contribution in [0.3, 0.4) is 0 Å². The topological polar surface area (TPSA) is 52.3 Å². The quantitative estimate of drug-likeness (QED) is 0.730. The molecule has 0 aliphatic carbocycles. The van der Waals surface area contributed by atoms with Crippen molar-refractivity contribution in [2.75, 3.05) is 7.11 Å². The minimum absolute atomic E-state index is 0.211. The van der Waals surface area contributed by atoms with E-state index >= 15 is 0 Å². The van der Waals surface area contributed by atoms with Gasteiger partial charge in [-0.15, -0.1) is 0 Å². The van der Waals surface area contributed by atoms with Gasteiger partial charge in [0.25, 0.3) is 0 Å². The van der Waals surface area contributed by atoms with Gasteiger partial charge in [0.15, 0.2) is 11.6 Å². The Morgan fingerprint density at radius 3 is 2.71 bits per heavy atom. The maximum absolute atomic E-state index is 13.1. The number of hydrogen-bond acceptors (Lipinski definition) is 3. The number of rotatable bonds is 2. The molecule has 0 saturated heterocycles. The van der Waals surface area contributed by atoms with E-state index in [1.807, 2.05) is 0 Å². The Balaban J connectivity index is 3.07. The molecule has 0 aliphatic heterocycles. The van der Waals surface area contributed by atoms with Gasteiger partial charge in [0.1, 0.15) is 6.04 Å². The summed E-state index contributed by atoms with van der Waals surface area (Å²) in [6.07, 6.45) is 0. The molecule has 1 aromatic carbocycles. The number of nitrogens with two attached hydrogens (primary N) is 1. The van der Waals surface area contributed by atoms with Gasteiger partial charge in [-0.2, -0.15) is 0 Å². The maximum atomic E-state index is 13.1. The summed E-state index contributed by atoms with van der Waals surface area (Å²) in [7, 11) is 1.12. The number of benzene rings is 1. The molecular formula is C9H9F2NO2. The summed E-state index contributed by atoms with van der Waals surface area (Å²) < 4.78 is 30.1. The van der Waals surface area contributed by atoms with E-state index in [0.717, 1.165) is 13.2 Å². The highest BCUT2D eigenvalue weighted by molar-refractivity contribution is 5.77. The van der Waals surface area contributed by atoms with E-state index in [1.54, 1.807) is 0 Å². The fourth-order valence-electron chi connectivity index (χ4n) is 1.01. The fourth-order valence-corrected chi connectivity index (χ4v) is 1.01. The SMILES string of the molecule is COC(=O)[C@@H](N)c1cccc(F)c1F. The lowest BCUT2D eigenvalue weighted by atomic mass is 10.1. The molecule has 1 atom stereocenters. The number of ether oxygens (including phenoxy) is 1. The number of carbonyl (C=O) groups is 1. The molecular weight excluding hydrogens is 192 g/mol. The van der Waals surface area contributed by atoms with Crippen molar-refractivity contribution >= 4 is 5.97 Å². The standard InChI is InChI=1S/C9H9F2NO2/c1-14-9(13)8(12)5-3-2-4-6(10)7(5)11/h2-4,8H,12H2,1H3/t8-/m0/s1. The third-order valence-corrected chi connectivity index (χ3v) is 1.77. The van der Waals surface area contributed by atoms with Crippen LogP contribution in [0, 0.1) is 11.6 Å². The minimum Gasteiger partial charge on any atom is -0.468 e. The Bertz CT molecular complexity index is 355. The van der Waals surface area contributed by atoms with Crippen LogP contribution in [0.5, 0.6) is 0 Å². The van der Waals surface area contributed by atoms with E-state index in [-0.39, 0.29) is 5.56 Å². The molecule has 3 nitrogen and oxygen atoms in total. The van der Waals surface area contributed by atoms with Crippen molar-refractivity contribution in [3.63, 3.8) is 0 Å². The average molecular weight is 201 g/mol. The van der Waals surface area contributed by atoms with Crippen LogP contribution in [0.1, 0.15) is 11.6 Å². The van der Waals surface area contributed by atoms with Crippen molar-refractivity contribution in [1.82, 2.24) is 0 Å². The molecule has 14 heavy (non-hydrogen) atoms. The van der Waals surface area contributed by atoms with E-state index < -0.39 is 23.6 Å². The van der Waals surface area contributed by atoms with Crippen molar-refractivity contribution in [1.29, 1.82) is 0 Å². The third-order valence-electron chi connectivity index (χ3n) is 1.77. The van der Waals surface area contributed by atoms with Gasteiger partial charge in [0.05, 0.1) is 7.11 Å². The summed E-state index contributed by atoms with van der Waals surface area (Å²) in [5.74, 6) is -2.97. The molecule has 0 radical (unpaired) electrons. The van der Waals surface area contributed by atoms with E-state index in [9.17, 15) is 13.6 Å². The Hall–Kier alpha value is -1.49. The summed E-state index contributed by atoms with van der Waals surface area (Å²) >= 11 is 0. The van der Waals surface area contributed by atoms with E-state index in [2.05, 4.69) is 4.74 Å². The number of methoxy groups -OCH3 is 1. The molecule has 0 amide bonds. The molecule has 0 unspecified atom stereocenters. The Kier molecular flexibility index (Phi) is 3.14. The first kappa shape index (κ1) is 10.6. The molecule has 0 aromatic heterocycles. The third kappa shape index (κ3) is 1.88. The lowest BCUT2D eigenvalue weighted by molar-refractivity contribution is -0.142. The molecule has 0 saturated carbocycles. The smallest absolute Gasteiger partial charge is 0.327 e. The predicted molar refractivity (Wildman–Crippen MR) is 45.3 cm³/mol. The largest absolute Gasteiger partial charge is 0.468 e. The zero-order chi connectivity index (χ0) is 10.7. The molecule has 2 N–H and O–H groups in total. The molecule has 0 spiro atoms. The van der Waals surface area contributed by atoms with Gasteiger partial charge in [-0.25, -0.2) is 8.78 Å². The van der Waals surface area contributed by atoms with E-state index in [1.165, 1.54) is 12.1 Å². The van der Waals surface area contributed by atoms with Crippen molar-refractivity contribution in [2.45, 2.75) is 6.04 Å². The van der Waals surface area contributed by atoms with Gasteiger partial charge in [0, 0.05) is 5.56 Å². The zero-order valence-electron chi connectivity index (χ0n) is 7.46. The average Bonchev–Trinajstić information content (AvgIpc) is 2.20. The Labute approximate surface area is 79.5 Å². The molecule has 76 valence electrons. The van der Waals surface area contributed by atoms with Crippen molar-refractivity contribution in [3.05, 3.63) is 35.4 Å². The monoisotopic (exact) mass is 201 g/mol. The van der Waals surface area contributed by atoms with Crippen molar-refractivity contribution in [2.24, 2.45) is 5.73 Å². The van der Waals surface area contributed by atoms with Crippen molar-refractivity contribution < 1.29 is 18.3 Å². The molecule has 0 fully saturated rings. The zero-order valence-corrected chi connectivity index (χ0v) is 7.46. The fraction of sp³-hybridized carbons (Fsp3) is 0.222. The van der Waals surface area contributed by atoms with Crippen LogP contribution in [-0.2, 0) is 9.53 Å². The van der Waals surface area contributed by atoms with Gasteiger partial charge in [0.2, 0.25) is 0 Å². The van der Waals surface area contributed by atoms with Gasteiger partial charge in [-0.05, 0) is 6.07 Å². The first-order valence-electron chi connectivity index (χ1n) is 3.85. The number of carbonyl (C=O) groups excluding carboxylic acids is 1. The summed E-state index contributed by atoms with van der Waals surface area (Å²) in [6.45, 7) is 0. The Morgan fingerprint density at radius 1 is 1.50 bits per heavy atom. The summed E-state index contributed by atoms with van der Waals surface area (Å²) in [6, 6.07) is 2.16. The lowest BCUT2D eigenvalue weighted by Crippen LogP contribution is -2.24. The minimum atomic E-state index is -1.30. The van der Waals surface area contributed by atoms with Crippen molar-refractivity contribution in [3.8, 4) is 0 Å². The highest BCUT2D eigenvalue weighted by Gasteiger charge is 2.21. The summed E-state index contributed by atoms with van der Waals surface area (Å²) in [5, 5.41) is 0. The molecule has 0 heterocycles.